The highest BCUT2D eigenvalue weighted by Gasteiger charge is 2.25. The van der Waals surface area contributed by atoms with Crippen LogP contribution in [0.4, 0.5) is 4.39 Å². The summed E-state index contributed by atoms with van der Waals surface area (Å²) in [6.07, 6.45) is -0.908. The number of hydrogen-bond acceptors (Lipinski definition) is 6. The van der Waals surface area contributed by atoms with Gasteiger partial charge in [0.1, 0.15) is 12.8 Å². The van der Waals surface area contributed by atoms with E-state index in [2.05, 4.69) is 5.32 Å². The van der Waals surface area contributed by atoms with E-state index in [4.69, 9.17) is 33.4 Å². The predicted molar refractivity (Wildman–Crippen MR) is 102 cm³/mol. The Kier molecular flexibility index (Phi) is 11.7. The molecule has 0 heterocycles. The summed E-state index contributed by atoms with van der Waals surface area (Å²) in [6, 6.07) is 4.03. The standard InChI is InChI=1S/C12H14Cl2FNO4S.C4H6O4/c1-21(19,20)8-4-2-7(3-5-8)10(17)9(6-15)16-12(18)11(13)14;5-3(6)1-2-4(7)8/h2-5,9-11,17H,6H2,1H3,(H,16,18);1-2H2,(H,5,6)(H,7,8)/t9-,10-;/m1./s1. The number of alkyl halides is 3. The molecule has 1 amide bonds. The number of rotatable bonds is 9. The number of carbonyl (C=O) groups excluding carboxylic acids is 1. The van der Waals surface area contributed by atoms with E-state index >= 15 is 0 Å². The number of aliphatic carboxylic acids is 2. The third-order valence-corrected chi connectivity index (χ3v) is 4.80. The third kappa shape index (κ3) is 11.0. The molecule has 0 saturated carbocycles. The summed E-state index contributed by atoms with van der Waals surface area (Å²) in [5.41, 5.74) is 0.256. The number of carboxylic acid groups (broad SMARTS) is 2. The fourth-order valence-electron chi connectivity index (χ4n) is 1.81. The van der Waals surface area contributed by atoms with Crippen molar-refractivity contribution in [3.8, 4) is 0 Å². The van der Waals surface area contributed by atoms with E-state index in [0.29, 0.717) is 0 Å². The minimum atomic E-state index is -3.36. The van der Waals surface area contributed by atoms with Crippen molar-refractivity contribution in [1.82, 2.24) is 5.32 Å². The molecule has 0 aromatic heterocycles. The minimum absolute atomic E-state index is 0.0702. The summed E-state index contributed by atoms with van der Waals surface area (Å²) in [4.78, 5) is 29.3. The first-order valence-electron chi connectivity index (χ1n) is 7.85. The van der Waals surface area contributed by atoms with Crippen LogP contribution >= 0.6 is 23.2 Å². The monoisotopic (exact) mass is 475 g/mol. The van der Waals surface area contributed by atoms with Crippen molar-refractivity contribution in [3.63, 3.8) is 0 Å². The first-order chi connectivity index (χ1) is 13.3. The Labute approximate surface area is 176 Å². The number of sulfone groups is 1. The summed E-state index contributed by atoms with van der Waals surface area (Å²) in [5.74, 6) is -2.98. The molecule has 0 saturated heterocycles. The molecule has 1 aromatic carbocycles. The largest absolute Gasteiger partial charge is 0.481 e. The molecule has 0 unspecified atom stereocenters. The second kappa shape index (κ2) is 12.6. The summed E-state index contributed by atoms with van der Waals surface area (Å²) in [5, 5.41) is 28.0. The van der Waals surface area contributed by atoms with Crippen LogP contribution in [-0.2, 0) is 24.2 Å². The molecule has 4 N–H and O–H groups in total. The Morgan fingerprint density at radius 3 is 1.83 bits per heavy atom. The van der Waals surface area contributed by atoms with Crippen molar-refractivity contribution in [1.29, 1.82) is 0 Å². The van der Waals surface area contributed by atoms with Gasteiger partial charge in [0, 0.05) is 6.26 Å². The van der Waals surface area contributed by atoms with Crippen LogP contribution in [0.25, 0.3) is 0 Å². The maximum atomic E-state index is 12.9. The van der Waals surface area contributed by atoms with Gasteiger partial charge >= 0.3 is 11.9 Å². The Morgan fingerprint density at radius 1 is 1.07 bits per heavy atom. The van der Waals surface area contributed by atoms with Crippen LogP contribution in [0, 0.1) is 0 Å². The highest BCUT2D eigenvalue weighted by Crippen LogP contribution is 2.20. The van der Waals surface area contributed by atoms with Gasteiger partial charge in [-0.25, -0.2) is 12.8 Å². The predicted octanol–water partition coefficient (Wildman–Crippen LogP) is 1.32. The highest BCUT2D eigenvalue weighted by atomic mass is 35.5. The van der Waals surface area contributed by atoms with Gasteiger partial charge in [0.15, 0.2) is 14.7 Å². The van der Waals surface area contributed by atoms with Gasteiger partial charge in [-0.1, -0.05) is 35.3 Å². The van der Waals surface area contributed by atoms with E-state index in [1.807, 2.05) is 0 Å². The molecule has 0 radical (unpaired) electrons. The molecule has 13 heteroatoms. The lowest BCUT2D eigenvalue weighted by molar-refractivity contribution is -0.143. The van der Waals surface area contributed by atoms with Crippen LogP contribution in [0.3, 0.4) is 0 Å². The smallest absolute Gasteiger partial charge is 0.303 e. The van der Waals surface area contributed by atoms with Gasteiger partial charge < -0.3 is 20.6 Å². The average molecular weight is 476 g/mol. The molecule has 29 heavy (non-hydrogen) atoms. The van der Waals surface area contributed by atoms with Crippen molar-refractivity contribution in [3.05, 3.63) is 29.8 Å². The Bertz CT molecular complexity index is 788. The second-order valence-corrected chi connectivity index (χ2v) is 8.76. The van der Waals surface area contributed by atoms with Crippen LogP contribution < -0.4 is 5.32 Å². The Hall–Kier alpha value is -1.95. The number of aliphatic hydroxyl groups excluding tert-OH is 1. The van der Waals surface area contributed by atoms with E-state index in [9.17, 15) is 32.3 Å². The molecule has 2 atom stereocenters. The Morgan fingerprint density at radius 2 is 1.52 bits per heavy atom. The molecular weight excluding hydrogens is 456 g/mol. The molecular formula is C16H20Cl2FNO8S. The topological polar surface area (TPSA) is 158 Å². The second-order valence-electron chi connectivity index (χ2n) is 5.64. The number of hydrogen-bond donors (Lipinski definition) is 4. The summed E-state index contributed by atoms with van der Waals surface area (Å²) in [7, 11) is -3.36. The molecule has 164 valence electrons. The number of carboxylic acids is 2. The molecule has 9 nitrogen and oxygen atoms in total. The molecule has 0 fully saturated rings. The van der Waals surface area contributed by atoms with Crippen LogP contribution in [-0.4, -0.2) is 65.4 Å². The van der Waals surface area contributed by atoms with Crippen molar-refractivity contribution in [2.75, 3.05) is 12.9 Å². The first-order valence-corrected chi connectivity index (χ1v) is 10.6. The average Bonchev–Trinajstić information content (AvgIpc) is 2.63. The van der Waals surface area contributed by atoms with Crippen molar-refractivity contribution in [2.45, 2.75) is 34.7 Å². The van der Waals surface area contributed by atoms with Gasteiger partial charge in [-0.2, -0.15) is 0 Å². The quantitative estimate of drug-likeness (QED) is 0.389. The normalized spacial score (nSPS) is 13.0. The molecule has 0 bridgehead atoms. The number of nitrogens with one attached hydrogen (secondary N) is 1. The van der Waals surface area contributed by atoms with Crippen LogP contribution in [0.1, 0.15) is 24.5 Å². The van der Waals surface area contributed by atoms with Gasteiger partial charge in [-0.05, 0) is 17.7 Å². The van der Waals surface area contributed by atoms with E-state index < -0.39 is 51.3 Å². The molecule has 0 spiro atoms. The van der Waals surface area contributed by atoms with E-state index in [1.165, 1.54) is 24.3 Å². The van der Waals surface area contributed by atoms with Crippen LogP contribution in [0.15, 0.2) is 29.2 Å². The maximum absolute atomic E-state index is 12.9. The molecule has 0 aliphatic carbocycles. The van der Waals surface area contributed by atoms with Crippen LogP contribution in [0.5, 0.6) is 0 Å². The van der Waals surface area contributed by atoms with Gasteiger partial charge in [-0.15, -0.1) is 0 Å². The highest BCUT2D eigenvalue weighted by molar-refractivity contribution is 7.90. The van der Waals surface area contributed by atoms with E-state index in [1.54, 1.807) is 0 Å². The Balaban J connectivity index is 0.000000828. The minimum Gasteiger partial charge on any atom is -0.481 e. The number of benzene rings is 1. The van der Waals surface area contributed by atoms with Gasteiger partial charge in [0.2, 0.25) is 0 Å². The number of aliphatic hydroxyl groups is 1. The van der Waals surface area contributed by atoms with Crippen molar-refractivity contribution >= 4 is 50.9 Å². The summed E-state index contributed by atoms with van der Waals surface area (Å²) < 4.78 is 35.6. The molecule has 1 rings (SSSR count). The number of halogens is 3. The van der Waals surface area contributed by atoms with Crippen molar-refractivity contribution in [2.24, 2.45) is 0 Å². The lowest BCUT2D eigenvalue weighted by Crippen LogP contribution is -2.43. The number of amides is 1. The lowest BCUT2D eigenvalue weighted by atomic mass is 10.0. The maximum Gasteiger partial charge on any atom is 0.303 e. The van der Waals surface area contributed by atoms with E-state index in [0.717, 1.165) is 6.26 Å². The fraction of sp³-hybridized carbons (Fsp3) is 0.438. The zero-order chi connectivity index (χ0) is 22.8. The SMILES string of the molecule is CS(=O)(=O)c1ccc([C@@H](O)[C@@H](CF)NC(=O)C(Cl)Cl)cc1.O=C(O)CCC(=O)O. The van der Waals surface area contributed by atoms with Crippen molar-refractivity contribution < 1.29 is 42.5 Å². The lowest BCUT2D eigenvalue weighted by Gasteiger charge is -2.22. The van der Waals surface area contributed by atoms with E-state index in [-0.39, 0.29) is 23.3 Å². The van der Waals surface area contributed by atoms with Crippen LogP contribution in [0.2, 0.25) is 0 Å². The van der Waals surface area contributed by atoms with Gasteiger partial charge in [0.25, 0.3) is 5.91 Å². The fourth-order valence-corrected chi connectivity index (χ4v) is 2.56. The summed E-state index contributed by atoms with van der Waals surface area (Å²) >= 11 is 10.7. The summed E-state index contributed by atoms with van der Waals surface area (Å²) in [6.45, 7) is -1.04. The van der Waals surface area contributed by atoms with Gasteiger partial charge in [0.05, 0.1) is 23.8 Å². The molecule has 0 aliphatic heterocycles. The third-order valence-electron chi connectivity index (χ3n) is 3.28. The zero-order valence-corrected chi connectivity index (χ0v) is 17.4. The first kappa shape index (κ1) is 27.0. The van der Waals surface area contributed by atoms with Gasteiger partial charge in [-0.3, -0.25) is 14.4 Å². The molecule has 0 aliphatic rings. The number of carbonyl (C=O) groups is 3. The molecule has 1 aromatic rings. The zero-order valence-electron chi connectivity index (χ0n) is 15.1.